The number of hydrogen-bond donors (Lipinski definition) is 2. The first kappa shape index (κ1) is 17.4. The van der Waals surface area contributed by atoms with Crippen molar-refractivity contribution < 1.29 is 13.5 Å². The molecule has 0 amide bonds. The second kappa shape index (κ2) is 8.08. The first-order valence-electron chi connectivity index (χ1n) is 6.91. The van der Waals surface area contributed by atoms with Crippen LogP contribution in [-0.4, -0.2) is 26.7 Å². The standard InChI is InChI=1S/C15H18ClNO3S2/c16-14-3-1-2-4-15(14)22(19,20)17-8-5-12(6-9-18)13-7-10-21-11-13/h1-4,7,10-12,17-18H,5-6,8-9H2. The molecule has 4 nitrogen and oxygen atoms in total. The Morgan fingerprint density at radius 3 is 2.64 bits per heavy atom. The van der Waals surface area contributed by atoms with E-state index in [-0.39, 0.29) is 22.4 Å². The number of aliphatic hydroxyl groups is 1. The third-order valence-corrected chi connectivity index (χ3v) is 6.07. The van der Waals surface area contributed by atoms with Crippen molar-refractivity contribution in [2.75, 3.05) is 13.2 Å². The Morgan fingerprint density at radius 1 is 1.23 bits per heavy atom. The summed E-state index contributed by atoms with van der Waals surface area (Å²) in [6.45, 7) is 0.381. The molecule has 0 aliphatic carbocycles. The molecule has 1 unspecified atom stereocenters. The molecule has 120 valence electrons. The number of thiophene rings is 1. The van der Waals surface area contributed by atoms with Crippen LogP contribution in [0.25, 0.3) is 0 Å². The van der Waals surface area contributed by atoms with E-state index in [1.54, 1.807) is 29.5 Å². The topological polar surface area (TPSA) is 66.4 Å². The second-order valence-electron chi connectivity index (χ2n) is 4.88. The summed E-state index contributed by atoms with van der Waals surface area (Å²) >= 11 is 7.52. The third-order valence-electron chi connectivity index (χ3n) is 3.40. The lowest BCUT2D eigenvalue weighted by molar-refractivity contribution is 0.273. The molecule has 2 aromatic rings. The van der Waals surface area contributed by atoms with Crippen molar-refractivity contribution in [3.05, 3.63) is 51.7 Å². The fourth-order valence-electron chi connectivity index (χ4n) is 2.25. The first-order chi connectivity index (χ1) is 10.5. The molecule has 1 atom stereocenters. The first-order valence-corrected chi connectivity index (χ1v) is 9.72. The van der Waals surface area contributed by atoms with E-state index in [9.17, 15) is 8.42 Å². The van der Waals surface area contributed by atoms with Gasteiger partial charge in [-0.25, -0.2) is 13.1 Å². The van der Waals surface area contributed by atoms with Crippen LogP contribution < -0.4 is 4.72 Å². The highest BCUT2D eigenvalue weighted by molar-refractivity contribution is 7.89. The van der Waals surface area contributed by atoms with Gasteiger partial charge in [0.2, 0.25) is 10.0 Å². The lowest BCUT2D eigenvalue weighted by atomic mass is 9.95. The van der Waals surface area contributed by atoms with Crippen LogP contribution in [0.3, 0.4) is 0 Å². The van der Waals surface area contributed by atoms with Crippen LogP contribution in [0, 0.1) is 0 Å². The average Bonchev–Trinajstić information content (AvgIpc) is 3.00. The molecule has 0 aliphatic rings. The number of hydrogen-bond acceptors (Lipinski definition) is 4. The largest absolute Gasteiger partial charge is 0.396 e. The lowest BCUT2D eigenvalue weighted by Gasteiger charge is -2.15. The van der Waals surface area contributed by atoms with Gasteiger partial charge in [0.15, 0.2) is 0 Å². The molecular weight excluding hydrogens is 342 g/mol. The SMILES string of the molecule is O=S(=O)(NCCC(CCO)c1ccsc1)c1ccccc1Cl. The van der Waals surface area contributed by atoms with E-state index in [1.165, 1.54) is 6.07 Å². The smallest absolute Gasteiger partial charge is 0.242 e. The van der Waals surface area contributed by atoms with Crippen molar-refractivity contribution in [1.29, 1.82) is 0 Å². The fraction of sp³-hybridized carbons (Fsp3) is 0.333. The van der Waals surface area contributed by atoms with E-state index in [1.807, 2.05) is 16.8 Å². The normalized spacial score (nSPS) is 13.2. The molecular formula is C15H18ClNO3S2. The van der Waals surface area contributed by atoms with Crippen LogP contribution >= 0.6 is 22.9 Å². The summed E-state index contributed by atoms with van der Waals surface area (Å²) in [6.07, 6.45) is 1.24. The predicted molar refractivity (Wildman–Crippen MR) is 90.0 cm³/mol. The van der Waals surface area contributed by atoms with Crippen LogP contribution in [-0.2, 0) is 10.0 Å². The summed E-state index contributed by atoms with van der Waals surface area (Å²) < 4.78 is 27.0. The van der Waals surface area contributed by atoms with Crippen LogP contribution in [0.1, 0.15) is 24.3 Å². The summed E-state index contributed by atoms with van der Waals surface area (Å²) in [5.41, 5.74) is 1.14. The molecule has 1 aromatic carbocycles. The molecule has 2 rings (SSSR count). The Balaban J connectivity index is 1.98. The Hall–Kier alpha value is -0.920. The van der Waals surface area contributed by atoms with Gasteiger partial charge in [0.25, 0.3) is 0 Å². The highest BCUT2D eigenvalue weighted by atomic mass is 35.5. The number of rotatable bonds is 8. The number of benzene rings is 1. The van der Waals surface area contributed by atoms with Gasteiger partial charge in [0.1, 0.15) is 4.90 Å². The van der Waals surface area contributed by atoms with E-state index in [0.717, 1.165) is 5.56 Å². The van der Waals surface area contributed by atoms with Crippen molar-refractivity contribution in [2.24, 2.45) is 0 Å². The maximum atomic E-state index is 12.2. The van der Waals surface area contributed by atoms with Crippen molar-refractivity contribution in [2.45, 2.75) is 23.7 Å². The van der Waals surface area contributed by atoms with Gasteiger partial charge in [-0.1, -0.05) is 23.7 Å². The van der Waals surface area contributed by atoms with Gasteiger partial charge >= 0.3 is 0 Å². The average molecular weight is 360 g/mol. The molecule has 1 heterocycles. The maximum Gasteiger partial charge on any atom is 0.242 e. The zero-order chi connectivity index (χ0) is 16.0. The van der Waals surface area contributed by atoms with Crippen molar-refractivity contribution in [3.63, 3.8) is 0 Å². The summed E-state index contributed by atoms with van der Waals surface area (Å²) in [5.74, 6) is 0.144. The number of nitrogens with one attached hydrogen (secondary N) is 1. The molecule has 0 bridgehead atoms. The summed E-state index contributed by atoms with van der Waals surface area (Å²) in [6, 6.07) is 8.37. The van der Waals surface area contributed by atoms with E-state index in [0.29, 0.717) is 19.4 Å². The Labute approximate surface area is 139 Å². The van der Waals surface area contributed by atoms with E-state index >= 15 is 0 Å². The Kier molecular flexibility index (Phi) is 6.40. The van der Waals surface area contributed by atoms with Gasteiger partial charge in [-0.3, -0.25) is 0 Å². The quantitative estimate of drug-likeness (QED) is 0.760. The van der Waals surface area contributed by atoms with Gasteiger partial charge < -0.3 is 5.11 Å². The number of aliphatic hydroxyl groups excluding tert-OH is 1. The van der Waals surface area contributed by atoms with Crippen LogP contribution in [0.4, 0.5) is 0 Å². The molecule has 2 N–H and O–H groups in total. The molecule has 1 aromatic heterocycles. The molecule has 0 radical (unpaired) electrons. The van der Waals surface area contributed by atoms with E-state index < -0.39 is 10.0 Å². The van der Waals surface area contributed by atoms with Crippen molar-refractivity contribution in [3.8, 4) is 0 Å². The third kappa shape index (κ3) is 4.54. The molecule has 0 spiro atoms. The monoisotopic (exact) mass is 359 g/mol. The minimum atomic E-state index is -3.61. The zero-order valence-electron chi connectivity index (χ0n) is 11.9. The lowest BCUT2D eigenvalue weighted by Crippen LogP contribution is -2.26. The minimum Gasteiger partial charge on any atom is -0.396 e. The highest BCUT2D eigenvalue weighted by Gasteiger charge is 2.18. The summed E-state index contributed by atoms with van der Waals surface area (Å²) in [4.78, 5) is 0.0888. The zero-order valence-corrected chi connectivity index (χ0v) is 14.3. The minimum absolute atomic E-state index is 0.0811. The molecule has 0 fully saturated rings. The second-order valence-corrected chi connectivity index (χ2v) is 7.81. The van der Waals surface area contributed by atoms with Crippen LogP contribution in [0.5, 0.6) is 0 Å². The Morgan fingerprint density at radius 2 is 2.00 bits per heavy atom. The van der Waals surface area contributed by atoms with Crippen LogP contribution in [0.15, 0.2) is 46.0 Å². The summed E-state index contributed by atoms with van der Waals surface area (Å²) in [5, 5.41) is 13.4. The van der Waals surface area contributed by atoms with Gasteiger partial charge in [0.05, 0.1) is 5.02 Å². The number of sulfonamides is 1. The van der Waals surface area contributed by atoms with Gasteiger partial charge in [-0.15, -0.1) is 0 Å². The molecule has 0 saturated heterocycles. The number of halogens is 1. The van der Waals surface area contributed by atoms with Gasteiger partial charge in [-0.05, 0) is 53.3 Å². The van der Waals surface area contributed by atoms with Crippen molar-refractivity contribution in [1.82, 2.24) is 4.72 Å². The highest BCUT2D eigenvalue weighted by Crippen LogP contribution is 2.25. The predicted octanol–water partition coefficient (Wildman–Crippen LogP) is 3.24. The summed E-state index contributed by atoms with van der Waals surface area (Å²) in [7, 11) is -3.61. The van der Waals surface area contributed by atoms with Gasteiger partial charge in [0, 0.05) is 13.2 Å². The van der Waals surface area contributed by atoms with Crippen molar-refractivity contribution >= 4 is 33.0 Å². The molecule has 0 aliphatic heterocycles. The molecule has 22 heavy (non-hydrogen) atoms. The maximum absolute atomic E-state index is 12.2. The van der Waals surface area contributed by atoms with E-state index in [2.05, 4.69) is 4.72 Å². The fourth-order valence-corrected chi connectivity index (χ4v) is 4.56. The van der Waals surface area contributed by atoms with Crippen LogP contribution in [0.2, 0.25) is 5.02 Å². The molecule has 7 heteroatoms. The van der Waals surface area contributed by atoms with Gasteiger partial charge in [-0.2, -0.15) is 11.3 Å². The Bertz CT molecular complexity index is 687. The molecule has 0 saturated carbocycles. The van der Waals surface area contributed by atoms with E-state index in [4.69, 9.17) is 16.7 Å².